The third-order valence-corrected chi connectivity index (χ3v) is 7.95. The highest BCUT2D eigenvalue weighted by atomic mass is 16.5. The maximum absolute atomic E-state index is 14.1. The summed E-state index contributed by atoms with van der Waals surface area (Å²) in [6.07, 6.45) is 3.49. The van der Waals surface area contributed by atoms with Crippen molar-refractivity contribution >= 4 is 11.8 Å². The lowest BCUT2D eigenvalue weighted by Crippen LogP contribution is -2.48. The van der Waals surface area contributed by atoms with Crippen molar-refractivity contribution in [2.24, 2.45) is 0 Å². The Balaban J connectivity index is 1.59. The molecule has 4 rings (SSSR count). The third-order valence-electron chi connectivity index (χ3n) is 7.95. The largest absolute Gasteiger partial charge is 0.497 e. The quantitative estimate of drug-likeness (QED) is 0.167. The zero-order valence-corrected chi connectivity index (χ0v) is 25.3. The van der Waals surface area contributed by atoms with Gasteiger partial charge in [0.25, 0.3) is 0 Å². The fourth-order valence-corrected chi connectivity index (χ4v) is 5.30. The van der Waals surface area contributed by atoms with Gasteiger partial charge >= 0.3 is 0 Å². The molecule has 3 aromatic carbocycles. The van der Waals surface area contributed by atoms with Gasteiger partial charge in [-0.05, 0) is 60.7 Å². The van der Waals surface area contributed by atoms with E-state index in [2.05, 4.69) is 23.6 Å². The van der Waals surface area contributed by atoms with Crippen LogP contribution in [0, 0.1) is 0 Å². The molecule has 0 aliphatic rings. The Morgan fingerprint density at radius 2 is 1.50 bits per heavy atom. The normalized spacial score (nSPS) is 12.4. The Bertz CT molecular complexity index is 1420. The number of carbonyl (C=O) groups is 2. The van der Waals surface area contributed by atoms with Crippen LogP contribution >= 0.6 is 0 Å². The fourth-order valence-electron chi connectivity index (χ4n) is 5.30. The van der Waals surface area contributed by atoms with E-state index in [1.54, 1.807) is 12.0 Å². The average molecular weight is 566 g/mol. The minimum Gasteiger partial charge on any atom is -0.497 e. The van der Waals surface area contributed by atoms with Crippen LogP contribution in [-0.4, -0.2) is 45.9 Å². The van der Waals surface area contributed by atoms with Crippen molar-refractivity contribution in [3.63, 3.8) is 0 Å². The van der Waals surface area contributed by atoms with Crippen molar-refractivity contribution in [3.8, 4) is 5.75 Å². The highest BCUT2D eigenvalue weighted by molar-refractivity contribution is 5.89. The lowest BCUT2D eigenvalue weighted by molar-refractivity contribution is -0.144. The van der Waals surface area contributed by atoms with Crippen molar-refractivity contribution in [2.75, 3.05) is 13.7 Å². The number of aromatic nitrogens is 1. The highest BCUT2D eigenvalue weighted by Gasteiger charge is 2.30. The van der Waals surface area contributed by atoms with Crippen LogP contribution in [0.2, 0.25) is 0 Å². The Morgan fingerprint density at radius 1 is 0.810 bits per heavy atom. The summed E-state index contributed by atoms with van der Waals surface area (Å²) in [6, 6.07) is 32.0. The smallest absolute Gasteiger partial charge is 0.242 e. The first-order valence-corrected chi connectivity index (χ1v) is 14.9. The van der Waals surface area contributed by atoms with Crippen LogP contribution in [-0.2, 0) is 29.2 Å². The van der Waals surface area contributed by atoms with Gasteiger partial charge in [0.15, 0.2) is 0 Å². The summed E-state index contributed by atoms with van der Waals surface area (Å²) in [4.78, 5) is 31.7. The molecular formula is C36H43N3O3. The van der Waals surface area contributed by atoms with Crippen LogP contribution < -0.4 is 4.74 Å². The summed E-state index contributed by atoms with van der Waals surface area (Å²) in [7, 11) is 1.67. The molecule has 0 bridgehead atoms. The lowest BCUT2D eigenvalue weighted by Gasteiger charge is -2.34. The first kappa shape index (κ1) is 30.6. The van der Waals surface area contributed by atoms with Crippen molar-refractivity contribution < 1.29 is 14.3 Å². The molecule has 0 aliphatic heterocycles. The van der Waals surface area contributed by atoms with Gasteiger partial charge in [-0.1, -0.05) is 86.6 Å². The molecule has 6 nitrogen and oxygen atoms in total. The zero-order valence-electron chi connectivity index (χ0n) is 25.3. The topological polar surface area (TPSA) is 54.8 Å². The van der Waals surface area contributed by atoms with Crippen LogP contribution in [0.1, 0.15) is 61.9 Å². The van der Waals surface area contributed by atoms with E-state index < -0.39 is 0 Å². The third kappa shape index (κ3) is 7.90. The molecule has 4 aromatic rings. The molecule has 1 aromatic heterocycles. The van der Waals surface area contributed by atoms with E-state index in [4.69, 9.17) is 4.74 Å². The maximum Gasteiger partial charge on any atom is 0.242 e. The second-order valence-corrected chi connectivity index (χ2v) is 10.8. The van der Waals surface area contributed by atoms with Gasteiger partial charge in [-0.25, -0.2) is 0 Å². The summed E-state index contributed by atoms with van der Waals surface area (Å²) in [5.41, 5.74) is 4.18. The van der Waals surface area contributed by atoms with Crippen LogP contribution in [0.4, 0.5) is 0 Å². The molecule has 0 saturated carbocycles. The van der Waals surface area contributed by atoms with E-state index in [1.807, 2.05) is 110 Å². The second-order valence-electron chi connectivity index (χ2n) is 10.8. The summed E-state index contributed by atoms with van der Waals surface area (Å²) in [5, 5.41) is 0. The number of rotatable bonds is 14. The van der Waals surface area contributed by atoms with Gasteiger partial charge in [0, 0.05) is 31.0 Å². The van der Waals surface area contributed by atoms with E-state index in [0.717, 1.165) is 34.6 Å². The van der Waals surface area contributed by atoms with Crippen molar-refractivity contribution in [1.29, 1.82) is 0 Å². The summed E-state index contributed by atoms with van der Waals surface area (Å²) < 4.78 is 7.58. The van der Waals surface area contributed by atoms with E-state index >= 15 is 0 Å². The van der Waals surface area contributed by atoms with E-state index in [1.165, 1.54) is 0 Å². The van der Waals surface area contributed by atoms with Crippen molar-refractivity contribution in [2.45, 2.75) is 65.2 Å². The predicted molar refractivity (Wildman–Crippen MR) is 168 cm³/mol. The molecule has 42 heavy (non-hydrogen) atoms. The molecule has 1 heterocycles. The zero-order chi connectivity index (χ0) is 29.9. The molecule has 0 spiro atoms. The number of ether oxygens (including phenoxy) is 1. The lowest BCUT2D eigenvalue weighted by atomic mass is 9.94. The Hall–Kier alpha value is -4.32. The highest BCUT2D eigenvalue weighted by Crippen LogP contribution is 2.24. The summed E-state index contributed by atoms with van der Waals surface area (Å²) in [6.45, 7) is 7.73. The van der Waals surface area contributed by atoms with Crippen LogP contribution in [0.3, 0.4) is 0 Å². The molecule has 0 aliphatic carbocycles. The minimum absolute atomic E-state index is 0.00691. The van der Waals surface area contributed by atoms with Gasteiger partial charge in [0.05, 0.1) is 19.6 Å². The molecular weight excluding hydrogens is 522 g/mol. The molecule has 0 saturated heterocycles. The molecule has 2 unspecified atom stereocenters. The molecule has 0 radical (unpaired) electrons. The Kier molecular flexibility index (Phi) is 11.0. The summed E-state index contributed by atoms with van der Waals surface area (Å²) in [5.74, 6) is 0.477. The minimum atomic E-state index is -0.282. The van der Waals surface area contributed by atoms with Crippen molar-refractivity contribution in [1.82, 2.24) is 14.4 Å². The van der Waals surface area contributed by atoms with Gasteiger partial charge in [0.1, 0.15) is 12.3 Å². The molecule has 2 amide bonds. The number of hydrogen-bond acceptors (Lipinski definition) is 3. The monoisotopic (exact) mass is 565 g/mol. The summed E-state index contributed by atoms with van der Waals surface area (Å²) >= 11 is 0. The van der Waals surface area contributed by atoms with E-state index in [-0.39, 0.29) is 30.3 Å². The maximum atomic E-state index is 14.1. The average Bonchev–Trinajstić information content (AvgIpc) is 3.46. The number of nitrogens with zero attached hydrogens (tertiary/aromatic N) is 3. The fraction of sp³-hybridized carbons (Fsp3) is 0.333. The number of carbonyl (C=O) groups excluding carboxylic acids is 2. The Morgan fingerprint density at radius 3 is 2.17 bits per heavy atom. The number of hydrogen-bond donors (Lipinski definition) is 0. The predicted octanol–water partition coefficient (Wildman–Crippen LogP) is 6.89. The molecule has 2 atom stereocenters. The Labute approximate surface area is 250 Å². The van der Waals surface area contributed by atoms with Crippen LogP contribution in [0.5, 0.6) is 5.75 Å². The standard InChI is InChI=1S/C36H43N3O3/c1-5-28(3)39(36(41)34(6-2)31-18-11-8-12-19-31)27-35(40)38(24-29-15-9-7-10-16-29)26-32-20-14-22-37(32)25-30-17-13-21-33(23-30)42-4/h7-23,28,34H,5-6,24-27H2,1-4H3. The second kappa shape index (κ2) is 15.1. The first-order valence-electron chi connectivity index (χ1n) is 14.9. The van der Waals surface area contributed by atoms with Gasteiger partial charge < -0.3 is 19.1 Å². The van der Waals surface area contributed by atoms with E-state index in [9.17, 15) is 9.59 Å². The SMILES string of the molecule is CCC(C(=O)N(CC(=O)N(Cc1ccccc1)Cc1cccn1Cc1cccc(OC)c1)C(C)CC)c1ccccc1. The molecule has 220 valence electrons. The van der Waals surface area contributed by atoms with Gasteiger partial charge in [0.2, 0.25) is 11.8 Å². The van der Waals surface area contributed by atoms with Crippen molar-refractivity contribution in [3.05, 3.63) is 126 Å². The van der Waals surface area contributed by atoms with Crippen LogP contribution in [0.25, 0.3) is 0 Å². The van der Waals surface area contributed by atoms with E-state index in [0.29, 0.717) is 26.1 Å². The number of amides is 2. The van der Waals surface area contributed by atoms with Gasteiger partial charge in [-0.3, -0.25) is 9.59 Å². The molecule has 6 heteroatoms. The number of methoxy groups -OCH3 is 1. The number of benzene rings is 3. The van der Waals surface area contributed by atoms with Gasteiger partial charge in [-0.15, -0.1) is 0 Å². The molecule has 0 fully saturated rings. The van der Waals surface area contributed by atoms with Crippen LogP contribution in [0.15, 0.2) is 103 Å². The van der Waals surface area contributed by atoms with Gasteiger partial charge in [-0.2, -0.15) is 0 Å². The first-order chi connectivity index (χ1) is 20.4. The molecule has 0 N–H and O–H groups in total.